The predicted molar refractivity (Wildman–Crippen MR) is 173 cm³/mol. The molecule has 1 N–H and O–H groups in total. The summed E-state index contributed by atoms with van der Waals surface area (Å²) in [5.41, 5.74) is -0.373. The average molecular weight is 692 g/mol. The zero-order chi connectivity index (χ0) is 32.6. The van der Waals surface area contributed by atoms with Crippen LogP contribution in [0.25, 0.3) is 21.8 Å². The van der Waals surface area contributed by atoms with Crippen LogP contribution in [0.15, 0.2) is 92.0 Å². The SMILES string of the molecule is Cn1c(=O)n(Cc2ccc(Cl)c(Cl)c2)c(=O)c2ccc(F)cc21.O=c1[nH]c2cc(F)ccc2c(=O)n1Cc1ccc(Cl)c(Cl)c1. The fraction of sp³-hybridized carbons (Fsp3) is 0.0968. The lowest BCUT2D eigenvalue weighted by Gasteiger charge is -2.11. The van der Waals surface area contributed by atoms with E-state index in [1.54, 1.807) is 36.4 Å². The Morgan fingerprint density at radius 2 is 1.13 bits per heavy atom. The number of hydrogen-bond donors (Lipinski definition) is 1. The van der Waals surface area contributed by atoms with E-state index in [1.807, 2.05) is 0 Å². The molecule has 6 rings (SSSR count). The van der Waals surface area contributed by atoms with Gasteiger partial charge in [0, 0.05) is 7.05 Å². The van der Waals surface area contributed by atoms with Crippen LogP contribution in [0.1, 0.15) is 11.1 Å². The van der Waals surface area contributed by atoms with Crippen LogP contribution in [0.2, 0.25) is 20.1 Å². The molecule has 6 aromatic rings. The lowest BCUT2D eigenvalue weighted by molar-refractivity contribution is 0.624. The second-order valence-electron chi connectivity index (χ2n) is 9.90. The van der Waals surface area contributed by atoms with E-state index < -0.39 is 34.1 Å². The monoisotopic (exact) mass is 690 g/mol. The van der Waals surface area contributed by atoms with Crippen molar-refractivity contribution in [1.82, 2.24) is 18.7 Å². The molecule has 14 heteroatoms. The number of benzene rings is 4. The summed E-state index contributed by atoms with van der Waals surface area (Å²) in [7, 11) is 1.49. The zero-order valence-corrected chi connectivity index (χ0v) is 26.1. The minimum atomic E-state index is -0.617. The Bertz CT molecular complexity index is 2370. The molecule has 0 fully saturated rings. The molecule has 4 aromatic carbocycles. The molecule has 0 aliphatic heterocycles. The molecular formula is C31H20Cl4F2N4O4. The Kier molecular flexibility index (Phi) is 9.31. The van der Waals surface area contributed by atoms with E-state index in [9.17, 15) is 28.0 Å². The number of nitrogens with zero attached hydrogens (tertiary/aromatic N) is 3. The molecule has 8 nitrogen and oxygen atoms in total. The highest BCUT2D eigenvalue weighted by molar-refractivity contribution is 6.42. The van der Waals surface area contributed by atoms with Gasteiger partial charge < -0.3 is 4.98 Å². The van der Waals surface area contributed by atoms with Gasteiger partial charge in [0.1, 0.15) is 11.6 Å². The molecule has 0 spiro atoms. The average Bonchev–Trinajstić information content (AvgIpc) is 3.00. The molecule has 0 radical (unpaired) electrons. The minimum Gasteiger partial charge on any atom is -0.307 e. The van der Waals surface area contributed by atoms with Gasteiger partial charge in [-0.2, -0.15) is 0 Å². The minimum absolute atomic E-state index is 0.0401. The van der Waals surface area contributed by atoms with Crippen LogP contribution in [-0.4, -0.2) is 18.7 Å². The smallest absolute Gasteiger partial charge is 0.307 e. The molecule has 2 aromatic heterocycles. The zero-order valence-electron chi connectivity index (χ0n) is 23.1. The van der Waals surface area contributed by atoms with Gasteiger partial charge in [-0.25, -0.2) is 18.4 Å². The number of rotatable bonds is 4. The topological polar surface area (TPSA) is 98.9 Å². The lowest BCUT2D eigenvalue weighted by atomic mass is 10.2. The van der Waals surface area contributed by atoms with Crippen molar-refractivity contribution in [3.05, 3.63) is 157 Å². The van der Waals surface area contributed by atoms with Crippen molar-refractivity contribution in [3.63, 3.8) is 0 Å². The molecule has 0 atom stereocenters. The van der Waals surface area contributed by atoms with Gasteiger partial charge in [-0.05, 0) is 71.8 Å². The van der Waals surface area contributed by atoms with Crippen molar-refractivity contribution < 1.29 is 8.78 Å². The first-order chi connectivity index (χ1) is 21.3. The molecule has 0 aliphatic rings. The highest BCUT2D eigenvalue weighted by Crippen LogP contribution is 2.24. The van der Waals surface area contributed by atoms with Crippen molar-refractivity contribution >= 4 is 68.2 Å². The second-order valence-corrected chi connectivity index (χ2v) is 11.5. The fourth-order valence-electron chi connectivity index (χ4n) is 4.63. The van der Waals surface area contributed by atoms with Gasteiger partial charge in [-0.1, -0.05) is 58.5 Å². The third-order valence-corrected chi connectivity index (χ3v) is 8.39. The Labute approximate surface area is 272 Å². The third-order valence-electron chi connectivity index (χ3n) is 6.91. The van der Waals surface area contributed by atoms with Crippen LogP contribution >= 0.6 is 46.4 Å². The van der Waals surface area contributed by atoms with E-state index in [-0.39, 0.29) is 34.9 Å². The Morgan fingerprint density at radius 1 is 0.622 bits per heavy atom. The third kappa shape index (κ3) is 6.74. The maximum Gasteiger partial charge on any atom is 0.331 e. The molecule has 45 heavy (non-hydrogen) atoms. The molecule has 0 amide bonds. The van der Waals surface area contributed by atoms with E-state index in [1.165, 1.54) is 41.9 Å². The van der Waals surface area contributed by atoms with Crippen LogP contribution in [-0.2, 0) is 20.1 Å². The van der Waals surface area contributed by atoms with E-state index in [0.29, 0.717) is 31.2 Å². The Morgan fingerprint density at radius 3 is 1.71 bits per heavy atom. The predicted octanol–water partition coefficient (Wildman–Crippen LogP) is 6.38. The van der Waals surface area contributed by atoms with Gasteiger partial charge >= 0.3 is 11.4 Å². The van der Waals surface area contributed by atoms with Crippen molar-refractivity contribution in [3.8, 4) is 0 Å². The Balaban J connectivity index is 0.000000178. The molecule has 0 unspecified atom stereocenters. The van der Waals surface area contributed by atoms with Crippen LogP contribution in [0, 0.1) is 11.6 Å². The maximum atomic E-state index is 13.4. The lowest BCUT2D eigenvalue weighted by Crippen LogP contribution is -2.39. The maximum absolute atomic E-state index is 13.4. The second kappa shape index (κ2) is 13.0. The van der Waals surface area contributed by atoms with E-state index >= 15 is 0 Å². The number of hydrogen-bond acceptors (Lipinski definition) is 4. The summed E-state index contributed by atoms with van der Waals surface area (Å²) in [6.45, 7) is 0.0914. The molecular weight excluding hydrogens is 672 g/mol. The van der Waals surface area contributed by atoms with Gasteiger partial charge in [0.2, 0.25) is 0 Å². The molecule has 0 saturated heterocycles. The van der Waals surface area contributed by atoms with Crippen LogP contribution in [0.5, 0.6) is 0 Å². The highest BCUT2D eigenvalue weighted by Gasteiger charge is 2.13. The van der Waals surface area contributed by atoms with Crippen LogP contribution in [0.3, 0.4) is 0 Å². The van der Waals surface area contributed by atoms with Gasteiger partial charge in [0.15, 0.2) is 0 Å². The first-order valence-corrected chi connectivity index (χ1v) is 14.5. The van der Waals surface area contributed by atoms with Crippen LogP contribution in [0.4, 0.5) is 8.78 Å². The summed E-state index contributed by atoms with van der Waals surface area (Å²) >= 11 is 23.6. The first-order valence-electron chi connectivity index (χ1n) is 13.0. The van der Waals surface area contributed by atoms with E-state index in [4.69, 9.17) is 46.4 Å². The molecule has 230 valence electrons. The number of aromatic amines is 1. The number of aryl methyl sites for hydroxylation is 1. The fourth-order valence-corrected chi connectivity index (χ4v) is 5.27. The normalized spacial score (nSPS) is 11.1. The summed E-state index contributed by atoms with van der Waals surface area (Å²) in [4.78, 5) is 51.9. The summed E-state index contributed by atoms with van der Waals surface area (Å²) in [5.74, 6) is -1.03. The number of fused-ring (bicyclic) bond motifs is 2. The number of halogens is 6. The van der Waals surface area contributed by atoms with Gasteiger partial charge in [0.25, 0.3) is 11.1 Å². The number of aromatic nitrogens is 4. The van der Waals surface area contributed by atoms with Crippen molar-refractivity contribution in [2.75, 3.05) is 0 Å². The van der Waals surface area contributed by atoms with Gasteiger partial charge in [0.05, 0.1) is 55.0 Å². The standard InChI is InChI=1S/C16H11Cl2FN2O2.C15H9Cl2FN2O2/c1-20-14-7-10(19)3-4-11(14)15(22)21(16(20)23)8-9-2-5-12(17)13(18)6-9;16-11-4-1-8(5-12(11)17)7-20-14(21)10-3-2-9(18)6-13(10)19-15(20)22/h2-7H,8H2,1H3;1-6H,7H2,(H,19,22). The summed E-state index contributed by atoms with van der Waals surface area (Å²) in [5, 5.41) is 1.98. The quantitative estimate of drug-likeness (QED) is 0.232. The number of H-pyrrole nitrogens is 1. The van der Waals surface area contributed by atoms with Crippen LogP contribution < -0.4 is 22.5 Å². The molecule has 0 bridgehead atoms. The summed E-state index contributed by atoms with van der Waals surface area (Å²) in [6.07, 6.45) is 0. The molecule has 0 aliphatic carbocycles. The van der Waals surface area contributed by atoms with E-state index in [0.717, 1.165) is 15.2 Å². The van der Waals surface area contributed by atoms with Gasteiger partial charge in [-0.15, -0.1) is 0 Å². The van der Waals surface area contributed by atoms with Gasteiger partial charge in [-0.3, -0.25) is 23.3 Å². The van der Waals surface area contributed by atoms with E-state index in [2.05, 4.69) is 4.98 Å². The highest BCUT2D eigenvalue weighted by atomic mass is 35.5. The summed E-state index contributed by atoms with van der Waals surface area (Å²) in [6, 6.07) is 17.1. The molecule has 0 saturated carbocycles. The largest absolute Gasteiger partial charge is 0.331 e. The van der Waals surface area contributed by atoms with Crippen molar-refractivity contribution in [2.45, 2.75) is 13.1 Å². The summed E-state index contributed by atoms with van der Waals surface area (Å²) < 4.78 is 29.9. The number of nitrogens with one attached hydrogen (secondary N) is 1. The van der Waals surface area contributed by atoms with Crippen molar-refractivity contribution in [2.24, 2.45) is 7.05 Å². The van der Waals surface area contributed by atoms with Crippen molar-refractivity contribution in [1.29, 1.82) is 0 Å². The first kappa shape index (κ1) is 32.2. The molecule has 2 heterocycles. The Hall–Kier alpha value is -4.22.